The number of benzene rings is 1. The fourth-order valence-electron chi connectivity index (χ4n) is 1.75. The van der Waals surface area contributed by atoms with Gasteiger partial charge in [0.2, 0.25) is 0 Å². The summed E-state index contributed by atoms with van der Waals surface area (Å²) in [6.07, 6.45) is 2.78. The molecule has 1 aromatic carbocycles. The Labute approximate surface area is 144 Å². The van der Waals surface area contributed by atoms with Crippen molar-refractivity contribution in [1.82, 2.24) is 0 Å². The van der Waals surface area contributed by atoms with Crippen molar-refractivity contribution in [3.8, 4) is 0 Å². The Bertz CT molecular complexity index is 399. The van der Waals surface area contributed by atoms with Crippen molar-refractivity contribution in [2.24, 2.45) is 0 Å². The molecule has 0 saturated carbocycles. The fourth-order valence-corrected chi connectivity index (χ4v) is 2.82. The summed E-state index contributed by atoms with van der Waals surface area (Å²) in [7, 11) is 4.02. The first-order valence-electron chi connectivity index (χ1n) is 6.65. The number of carboxylic acids is 1. The molecule has 0 aromatic heterocycles. The van der Waals surface area contributed by atoms with Crippen LogP contribution in [0.15, 0.2) is 24.3 Å². The zero-order valence-electron chi connectivity index (χ0n) is 12.7. The number of halogens is 2. The Morgan fingerprint density at radius 1 is 1.24 bits per heavy atom. The molecule has 0 aliphatic heterocycles. The number of carbonyl (C=O) groups is 1. The lowest BCUT2D eigenvalue weighted by Gasteiger charge is -2.14. The predicted molar refractivity (Wildman–Crippen MR) is 97.5 cm³/mol. The van der Waals surface area contributed by atoms with E-state index in [-0.39, 0.29) is 30.1 Å². The maximum atomic E-state index is 11.1. The van der Waals surface area contributed by atoms with Gasteiger partial charge in [-0.3, -0.25) is 4.79 Å². The summed E-state index contributed by atoms with van der Waals surface area (Å²) in [6.45, 7) is 2.09. The van der Waals surface area contributed by atoms with Crippen LogP contribution < -0.4 is 4.90 Å². The van der Waals surface area contributed by atoms with Gasteiger partial charge in [-0.2, -0.15) is 0 Å². The van der Waals surface area contributed by atoms with E-state index in [1.54, 1.807) is 0 Å². The van der Waals surface area contributed by atoms with E-state index in [9.17, 15) is 4.79 Å². The lowest BCUT2D eigenvalue weighted by atomic mass is 10.2. The number of anilines is 1. The van der Waals surface area contributed by atoms with Crippen molar-refractivity contribution < 1.29 is 9.90 Å². The van der Waals surface area contributed by atoms with E-state index in [1.165, 1.54) is 17.3 Å². The molecule has 1 rings (SSSR count). The van der Waals surface area contributed by atoms with E-state index in [4.69, 9.17) is 5.11 Å². The third-order valence-corrected chi connectivity index (χ3v) is 4.34. The SMILES string of the molecule is CCCCC(SCc1ccc(N(C)C)cc1)C(=O)O.Cl.Cl. The van der Waals surface area contributed by atoms with Gasteiger partial charge in [-0.25, -0.2) is 0 Å². The van der Waals surface area contributed by atoms with Gasteiger partial charge in [0.25, 0.3) is 0 Å². The quantitative estimate of drug-likeness (QED) is 0.748. The summed E-state index contributed by atoms with van der Waals surface area (Å²) >= 11 is 1.52. The molecular formula is C15H25Cl2NO2S. The van der Waals surface area contributed by atoms with Crippen LogP contribution in [-0.2, 0) is 10.5 Å². The van der Waals surface area contributed by atoms with Crippen molar-refractivity contribution in [2.45, 2.75) is 37.2 Å². The molecule has 0 heterocycles. The van der Waals surface area contributed by atoms with Gasteiger partial charge >= 0.3 is 5.97 Å². The van der Waals surface area contributed by atoms with Crippen molar-refractivity contribution in [1.29, 1.82) is 0 Å². The van der Waals surface area contributed by atoms with Gasteiger partial charge in [-0.15, -0.1) is 36.6 Å². The average Bonchev–Trinajstić information content (AvgIpc) is 2.39. The second kappa shape index (κ2) is 12.0. The molecule has 21 heavy (non-hydrogen) atoms. The molecule has 0 bridgehead atoms. The van der Waals surface area contributed by atoms with E-state index in [2.05, 4.69) is 36.1 Å². The summed E-state index contributed by atoms with van der Waals surface area (Å²) in [6, 6.07) is 8.28. The van der Waals surface area contributed by atoms with Crippen LogP contribution in [0.25, 0.3) is 0 Å². The molecule has 0 aliphatic carbocycles. The number of thioether (sulfide) groups is 1. The number of aliphatic carboxylic acids is 1. The highest BCUT2D eigenvalue weighted by Gasteiger charge is 2.17. The lowest BCUT2D eigenvalue weighted by Crippen LogP contribution is -2.16. The Balaban J connectivity index is 0. The second-order valence-electron chi connectivity index (χ2n) is 4.84. The summed E-state index contributed by atoms with van der Waals surface area (Å²) in [5.41, 5.74) is 2.34. The molecule has 6 heteroatoms. The molecule has 0 amide bonds. The summed E-state index contributed by atoms with van der Waals surface area (Å²) in [5.74, 6) is 0.0670. The maximum Gasteiger partial charge on any atom is 0.316 e. The molecule has 1 unspecified atom stereocenters. The van der Waals surface area contributed by atoms with Crippen LogP contribution in [-0.4, -0.2) is 30.4 Å². The number of hydrogen-bond acceptors (Lipinski definition) is 3. The van der Waals surface area contributed by atoms with Crippen LogP contribution in [0.3, 0.4) is 0 Å². The van der Waals surface area contributed by atoms with Gasteiger partial charge in [0, 0.05) is 25.5 Å². The van der Waals surface area contributed by atoms with Crippen molar-refractivity contribution in [2.75, 3.05) is 19.0 Å². The molecule has 1 N–H and O–H groups in total. The zero-order valence-corrected chi connectivity index (χ0v) is 15.2. The third kappa shape index (κ3) is 8.44. The number of unbranched alkanes of at least 4 members (excludes halogenated alkanes) is 1. The minimum atomic E-state index is -0.691. The summed E-state index contributed by atoms with van der Waals surface area (Å²) in [4.78, 5) is 13.2. The minimum Gasteiger partial charge on any atom is -0.480 e. The first kappa shape index (κ1) is 22.7. The summed E-state index contributed by atoms with van der Waals surface area (Å²) in [5, 5.41) is 8.88. The van der Waals surface area contributed by atoms with Crippen LogP contribution in [0, 0.1) is 0 Å². The second-order valence-corrected chi connectivity index (χ2v) is 6.03. The smallest absolute Gasteiger partial charge is 0.316 e. The Kier molecular flexibility index (Phi) is 13.0. The van der Waals surface area contributed by atoms with E-state index in [1.807, 2.05) is 14.1 Å². The Hall–Kier alpha value is -0.580. The predicted octanol–water partition coefficient (Wildman–Crippen LogP) is 4.47. The molecule has 0 spiro atoms. The molecule has 1 atom stereocenters. The van der Waals surface area contributed by atoms with Crippen LogP contribution >= 0.6 is 36.6 Å². The topological polar surface area (TPSA) is 40.5 Å². The fraction of sp³-hybridized carbons (Fsp3) is 0.533. The molecule has 0 fully saturated rings. The number of rotatable bonds is 8. The first-order chi connectivity index (χ1) is 9.04. The van der Waals surface area contributed by atoms with Crippen molar-refractivity contribution in [3.63, 3.8) is 0 Å². The zero-order chi connectivity index (χ0) is 14.3. The minimum absolute atomic E-state index is 0. The normalized spacial score (nSPS) is 11.0. The molecule has 122 valence electrons. The molecule has 0 radical (unpaired) electrons. The van der Waals surface area contributed by atoms with Crippen LogP contribution in [0.2, 0.25) is 0 Å². The van der Waals surface area contributed by atoms with Gasteiger partial charge < -0.3 is 10.0 Å². The third-order valence-electron chi connectivity index (χ3n) is 3.00. The highest BCUT2D eigenvalue weighted by molar-refractivity contribution is 7.99. The van der Waals surface area contributed by atoms with Crippen molar-refractivity contribution in [3.05, 3.63) is 29.8 Å². The van der Waals surface area contributed by atoms with Gasteiger partial charge in [-0.05, 0) is 24.1 Å². The van der Waals surface area contributed by atoms with Crippen molar-refractivity contribution >= 4 is 48.2 Å². The van der Waals surface area contributed by atoms with E-state index >= 15 is 0 Å². The van der Waals surface area contributed by atoms with Crippen LogP contribution in [0.5, 0.6) is 0 Å². The number of hydrogen-bond donors (Lipinski definition) is 1. The molecule has 0 saturated heterocycles. The van der Waals surface area contributed by atoms with Gasteiger partial charge in [0.15, 0.2) is 0 Å². The number of carboxylic acid groups (broad SMARTS) is 1. The standard InChI is InChI=1S/C15H23NO2S.2ClH/c1-4-5-6-14(15(17)18)19-11-12-7-9-13(10-8-12)16(2)3;;/h7-10,14H,4-6,11H2,1-3H3,(H,17,18);2*1H. The molecule has 3 nitrogen and oxygen atoms in total. The molecular weight excluding hydrogens is 329 g/mol. The van der Waals surface area contributed by atoms with E-state index in [0.717, 1.165) is 30.7 Å². The average molecular weight is 354 g/mol. The van der Waals surface area contributed by atoms with Crippen LogP contribution in [0.1, 0.15) is 31.7 Å². The van der Waals surface area contributed by atoms with Gasteiger partial charge in [0.1, 0.15) is 5.25 Å². The van der Waals surface area contributed by atoms with Crippen LogP contribution in [0.4, 0.5) is 5.69 Å². The molecule has 0 aliphatic rings. The number of nitrogens with zero attached hydrogens (tertiary/aromatic N) is 1. The van der Waals surface area contributed by atoms with E-state index in [0.29, 0.717) is 0 Å². The maximum absolute atomic E-state index is 11.1. The highest BCUT2D eigenvalue weighted by atomic mass is 35.5. The molecule has 1 aromatic rings. The van der Waals surface area contributed by atoms with Gasteiger partial charge in [-0.1, -0.05) is 31.9 Å². The lowest BCUT2D eigenvalue weighted by molar-refractivity contribution is -0.136. The Morgan fingerprint density at radius 2 is 1.81 bits per heavy atom. The highest BCUT2D eigenvalue weighted by Crippen LogP contribution is 2.23. The first-order valence-corrected chi connectivity index (χ1v) is 7.70. The largest absolute Gasteiger partial charge is 0.480 e. The Morgan fingerprint density at radius 3 is 2.24 bits per heavy atom. The monoisotopic (exact) mass is 353 g/mol. The van der Waals surface area contributed by atoms with Gasteiger partial charge in [0.05, 0.1) is 0 Å². The van der Waals surface area contributed by atoms with E-state index < -0.39 is 5.97 Å². The summed E-state index contributed by atoms with van der Waals surface area (Å²) < 4.78 is 0.